The van der Waals surface area contributed by atoms with Crippen LogP contribution in [0, 0.1) is 13.8 Å². The lowest BCUT2D eigenvalue weighted by Crippen LogP contribution is -2.06. The van der Waals surface area contributed by atoms with Gasteiger partial charge in [-0.15, -0.1) is 0 Å². The molecule has 0 fully saturated rings. The van der Waals surface area contributed by atoms with Crippen molar-refractivity contribution in [1.29, 1.82) is 0 Å². The summed E-state index contributed by atoms with van der Waals surface area (Å²) in [5.41, 5.74) is 0.875. The fourth-order valence-corrected chi connectivity index (χ4v) is 1.81. The Morgan fingerprint density at radius 3 is 2.75 bits per heavy atom. The second-order valence-electron chi connectivity index (χ2n) is 3.58. The van der Waals surface area contributed by atoms with Crippen LogP contribution in [0.3, 0.4) is 0 Å². The van der Waals surface area contributed by atoms with Crippen LogP contribution in [-0.2, 0) is 6.42 Å². The topological polar surface area (TPSA) is 43.6 Å². The summed E-state index contributed by atoms with van der Waals surface area (Å²) < 4.78 is 1.95. The van der Waals surface area contributed by atoms with Crippen molar-refractivity contribution in [2.45, 2.75) is 27.2 Å². The lowest BCUT2D eigenvalue weighted by Gasteiger charge is -2.10. The predicted octanol–water partition coefficient (Wildman–Crippen LogP) is 2.49. The summed E-state index contributed by atoms with van der Waals surface area (Å²) in [5.74, 6) is 2.45. The van der Waals surface area contributed by atoms with Crippen molar-refractivity contribution < 1.29 is 0 Å². The molecule has 0 unspecified atom stereocenters. The molecule has 0 radical (unpaired) electrons. The fraction of sp³-hybridized carbons (Fsp3) is 0.364. The summed E-state index contributed by atoms with van der Waals surface area (Å²) >= 11 is 6.05. The average molecular weight is 237 g/mol. The third-order valence-corrected chi connectivity index (χ3v) is 2.80. The molecule has 16 heavy (non-hydrogen) atoms. The molecule has 0 saturated carbocycles. The third kappa shape index (κ3) is 1.80. The molecule has 0 aliphatic rings. The Bertz CT molecular complexity index is 519. The van der Waals surface area contributed by atoms with Gasteiger partial charge in [-0.2, -0.15) is 0 Å². The van der Waals surface area contributed by atoms with Crippen molar-refractivity contribution in [3.63, 3.8) is 0 Å². The number of aromatic nitrogens is 4. The minimum Gasteiger partial charge on any atom is -0.288 e. The standard InChI is InChI=1S/C11H13ClN4/c1-4-9-13-5-6-16(9)11-7(2)10(12)14-8(3)15-11/h5-6H,4H2,1-3H3. The average Bonchev–Trinajstić information content (AvgIpc) is 2.71. The Morgan fingerprint density at radius 2 is 2.06 bits per heavy atom. The van der Waals surface area contributed by atoms with Crippen molar-refractivity contribution >= 4 is 11.6 Å². The molecule has 0 atom stereocenters. The zero-order chi connectivity index (χ0) is 11.7. The molecule has 2 aromatic rings. The van der Waals surface area contributed by atoms with Crippen LogP contribution in [0.2, 0.25) is 5.15 Å². The first kappa shape index (κ1) is 11.1. The Balaban J connectivity index is 2.64. The molecular weight excluding hydrogens is 224 g/mol. The van der Waals surface area contributed by atoms with E-state index < -0.39 is 0 Å². The van der Waals surface area contributed by atoms with Crippen LogP contribution in [0.5, 0.6) is 0 Å². The first-order valence-electron chi connectivity index (χ1n) is 5.16. The van der Waals surface area contributed by atoms with Gasteiger partial charge in [0.05, 0.1) is 0 Å². The Kier molecular flexibility index (Phi) is 2.92. The molecule has 0 spiro atoms. The van der Waals surface area contributed by atoms with Crippen LogP contribution in [0.15, 0.2) is 12.4 Å². The minimum atomic E-state index is 0.498. The highest BCUT2D eigenvalue weighted by Crippen LogP contribution is 2.20. The van der Waals surface area contributed by atoms with Crippen LogP contribution in [0.4, 0.5) is 0 Å². The zero-order valence-electron chi connectivity index (χ0n) is 9.53. The van der Waals surface area contributed by atoms with Crippen LogP contribution >= 0.6 is 11.6 Å². The van der Waals surface area contributed by atoms with E-state index in [0.29, 0.717) is 11.0 Å². The number of rotatable bonds is 2. The Morgan fingerprint density at radius 1 is 1.31 bits per heavy atom. The first-order valence-corrected chi connectivity index (χ1v) is 5.54. The van der Waals surface area contributed by atoms with E-state index in [0.717, 1.165) is 23.6 Å². The summed E-state index contributed by atoms with van der Waals surface area (Å²) in [5, 5.41) is 0.498. The maximum Gasteiger partial charge on any atom is 0.146 e. The molecule has 0 bridgehead atoms. The van der Waals surface area contributed by atoms with Gasteiger partial charge < -0.3 is 0 Å². The predicted molar refractivity (Wildman–Crippen MR) is 63.0 cm³/mol. The lowest BCUT2D eigenvalue weighted by atomic mass is 10.3. The molecule has 4 nitrogen and oxygen atoms in total. The highest BCUT2D eigenvalue weighted by molar-refractivity contribution is 6.30. The van der Waals surface area contributed by atoms with E-state index in [1.807, 2.05) is 24.6 Å². The van der Waals surface area contributed by atoms with E-state index in [4.69, 9.17) is 11.6 Å². The number of halogens is 1. The second kappa shape index (κ2) is 4.22. The number of hydrogen-bond acceptors (Lipinski definition) is 3. The van der Waals surface area contributed by atoms with Crippen LogP contribution < -0.4 is 0 Å². The van der Waals surface area contributed by atoms with Gasteiger partial charge in [0.25, 0.3) is 0 Å². The van der Waals surface area contributed by atoms with Crippen molar-refractivity contribution in [3.05, 3.63) is 34.8 Å². The Labute approximate surface area is 99.3 Å². The summed E-state index contributed by atoms with van der Waals surface area (Å²) in [6.45, 7) is 5.80. The van der Waals surface area contributed by atoms with E-state index >= 15 is 0 Å². The molecular formula is C11H13ClN4. The molecule has 2 rings (SSSR count). The van der Waals surface area contributed by atoms with Crippen molar-refractivity contribution in [2.75, 3.05) is 0 Å². The third-order valence-electron chi connectivity index (χ3n) is 2.43. The van der Waals surface area contributed by atoms with Crippen molar-refractivity contribution in [3.8, 4) is 5.82 Å². The Hall–Kier alpha value is -1.42. The number of imidazole rings is 1. The molecule has 0 saturated heterocycles. The van der Waals surface area contributed by atoms with Crippen LogP contribution in [0.25, 0.3) is 5.82 Å². The molecule has 0 aliphatic carbocycles. The van der Waals surface area contributed by atoms with Gasteiger partial charge in [0.2, 0.25) is 0 Å². The smallest absolute Gasteiger partial charge is 0.146 e. The van der Waals surface area contributed by atoms with Gasteiger partial charge in [-0.05, 0) is 13.8 Å². The van der Waals surface area contributed by atoms with Gasteiger partial charge in [0.1, 0.15) is 22.6 Å². The summed E-state index contributed by atoms with van der Waals surface area (Å²) in [6.07, 6.45) is 4.51. The van der Waals surface area contributed by atoms with Crippen molar-refractivity contribution in [2.24, 2.45) is 0 Å². The van der Waals surface area contributed by atoms with Gasteiger partial charge in [0, 0.05) is 24.4 Å². The van der Waals surface area contributed by atoms with E-state index in [9.17, 15) is 0 Å². The molecule has 2 aromatic heterocycles. The quantitative estimate of drug-likeness (QED) is 0.753. The monoisotopic (exact) mass is 236 g/mol. The number of nitrogens with zero attached hydrogens (tertiary/aromatic N) is 4. The van der Waals surface area contributed by atoms with Gasteiger partial charge in [-0.1, -0.05) is 18.5 Å². The molecule has 0 N–H and O–H groups in total. The summed E-state index contributed by atoms with van der Waals surface area (Å²) in [7, 11) is 0. The maximum atomic E-state index is 6.05. The fourth-order valence-electron chi connectivity index (χ4n) is 1.60. The van der Waals surface area contributed by atoms with Gasteiger partial charge in [0.15, 0.2) is 0 Å². The van der Waals surface area contributed by atoms with Crippen LogP contribution in [-0.4, -0.2) is 19.5 Å². The SMILES string of the molecule is CCc1nccn1-c1nc(C)nc(Cl)c1C. The molecule has 5 heteroatoms. The van der Waals surface area contributed by atoms with E-state index in [1.165, 1.54) is 0 Å². The second-order valence-corrected chi connectivity index (χ2v) is 3.94. The maximum absolute atomic E-state index is 6.05. The molecule has 0 amide bonds. The first-order chi connectivity index (χ1) is 7.63. The number of aryl methyl sites for hydroxylation is 2. The number of hydrogen-bond donors (Lipinski definition) is 0. The molecule has 2 heterocycles. The summed E-state index contributed by atoms with van der Waals surface area (Å²) in [6, 6.07) is 0. The van der Waals surface area contributed by atoms with E-state index in [2.05, 4.69) is 21.9 Å². The van der Waals surface area contributed by atoms with E-state index in [-0.39, 0.29) is 0 Å². The molecule has 0 aromatic carbocycles. The van der Waals surface area contributed by atoms with Crippen LogP contribution in [0.1, 0.15) is 24.1 Å². The molecule has 0 aliphatic heterocycles. The highest BCUT2D eigenvalue weighted by atomic mass is 35.5. The van der Waals surface area contributed by atoms with Gasteiger partial charge in [-0.3, -0.25) is 4.57 Å². The summed E-state index contributed by atoms with van der Waals surface area (Å²) in [4.78, 5) is 12.8. The largest absolute Gasteiger partial charge is 0.288 e. The van der Waals surface area contributed by atoms with Gasteiger partial charge >= 0.3 is 0 Å². The lowest BCUT2D eigenvalue weighted by molar-refractivity contribution is 0.842. The highest BCUT2D eigenvalue weighted by Gasteiger charge is 2.11. The van der Waals surface area contributed by atoms with Crippen molar-refractivity contribution in [1.82, 2.24) is 19.5 Å². The molecule has 84 valence electrons. The van der Waals surface area contributed by atoms with E-state index in [1.54, 1.807) is 6.20 Å². The zero-order valence-corrected chi connectivity index (χ0v) is 10.3. The minimum absolute atomic E-state index is 0.498. The normalized spacial score (nSPS) is 10.8. The van der Waals surface area contributed by atoms with Gasteiger partial charge in [-0.25, -0.2) is 15.0 Å².